The highest BCUT2D eigenvalue weighted by molar-refractivity contribution is 7.28. The molecule has 0 unspecified atom stereocenters. The molecule has 22 valence electrons. The van der Waals surface area contributed by atoms with E-state index in [1.54, 1.807) is 0 Å². The van der Waals surface area contributed by atoms with Crippen molar-refractivity contribution in [1.82, 2.24) is 0 Å². The largest absolute Gasteiger partial charge is 0.306 e. The summed E-state index contributed by atoms with van der Waals surface area (Å²) < 4.78 is 12.0. The lowest BCUT2D eigenvalue weighted by molar-refractivity contribution is 0.600. The standard InChI is InChI=1S/HNOP2/c2-4-1-3/h3H. The lowest BCUT2D eigenvalue weighted by Gasteiger charge is -1.36. The second kappa shape index (κ2) is 3.20. The Bertz CT molecular complexity index is 27.0. The maximum Gasteiger partial charge on any atom is 0.306 e. The minimum atomic E-state index is -0.213. The SMILES string of the molecule is O=PN=P. The van der Waals surface area contributed by atoms with Gasteiger partial charge in [-0.1, -0.05) is 0 Å². The highest BCUT2D eigenvalue weighted by Gasteiger charge is 1.42. The highest BCUT2D eigenvalue weighted by atomic mass is 31.1. The van der Waals surface area contributed by atoms with Crippen molar-refractivity contribution >= 4 is 17.6 Å². The van der Waals surface area contributed by atoms with E-state index >= 15 is 0 Å². The molecule has 0 aliphatic rings. The van der Waals surface area contributed by atoms with Crippen molar-refractivity contribution in [3.8, 4) is 0 Å². The third-order valence-corrected chi connectivity index (χ3v) is 0.367. The Balaban J connectivity index is 2.73. The van der Waals surface area contributed by atoms with Crippen molar-refractivity contribution in [2.24, 2.45) is 4.52 Å². The van der Waals surface area contributed by atoms with Gasteiger partial charge < -0.3 is 0 Å². The molecule has 0 radical (unpaired) electrons. The summed E-state index contributed by atoms with van der Waals surface area (Å²) in [6.45, 7) is 0. The quantitative estimate of drug-likeness (QED) is 0.452. The normalized spacial score (nSPS) is 7.00. The number of hydrogen-bond acceptors (Lipinski definition) is 1. The van der Waals surface area contributed by atoms with Crippen LogP contribution in [0.25, 0.3) is 0 Å². The fraction of sp³-hybridized carbons (Fsp3) is 0. The zero-order valence-electron chi connectivity index (χ0n) is 1.80. The molecule has 0 rings (SSSR count). The summed E-state index contributed by atoms with van der Waals surface area (Å²) in [6.07, 6.45) is 0. The van der Waals surface area contributed by atoms with Crippen molar-refractivity contribution in [2.75, 3.05) is 0 Å². The van der Waals surface area contributed by atoms with E-state index in [2.05, 4.69) is 13.5 Å². The minimum Gasteiger partial charge on any atom is -0.246 e. The van der Waals surface area contributed by atoms with Crippen molar-refractivity contribution in [3.05, 3.63) is 0 Å². The van der Waals surface area contributed by atoms with Crippen LogP contribution in [0.1, 0.15) is 0 Å². The predicted molar refractivity (Wildman–Crippen MR) is 18.3 cm³/mol. The van der Waals surface area contributed by atoms with Crippen LogP contribution in [0.3, 0.4) is 0 Å². The maximum absolute atomic E-state index is 9.06. The second-order valence-corrected chi connectivity index (χ2v) is 1.14. The molecule has 0 amide bonds. The summed E-state index contributed by atoms with van der Waals surface area (Å²) in [7, 11) is 2.38. The van der Waals surface area contributed by atoms with Gasteiger partial charge in [-0.25, -0.2) is 4.57 Å². The molecule has 0 aromatic carbocycles. The molecule has 0 bridgehead atoms. The molecule has 2 nitrogen and oxygen atoms in total. The van der Waals surface area contributed by atoms with E-state index in [-0.39, 0.29) is 8.61 Å². The van der Waals surface area contributed by atoms with Crippen LogP contribution in [0.5, 0.6) is 0 Å². The Morgan fingerprint density at radius 1 is 2.00 bits per heavy atom. The molecule has 0 saturated heterocycles. The average molecular weight is 93.0 g/mol. The predicted octanol–water partition coefficient (Wildman–Crippen LogP) is 1.52. The Labute approximate surface area is 27.8 Å². The van der Waals surface area contributed by atoms with Crippen LogP contribution in [0.15, 0.2) is 4.52 Å². The Morgan fingerprint density at radius 3 is 2.25 bits per heavy atom. The number of hydrogen-bond donors (Lipinski definition) is 0. The first-order chi connectivity index (χ1) is 1.91. The lowest BCUT2D eigenvalue weighted by atomic mass is 13.9. The van der Waals surface area contributed by atoms with Crippen molar-refractivity contribution in [3.63, 3.8) is 0 Å². The first-order valence-corrected chi connectivity index (χ1v) is 1.82. The molecular weight excluding hydrogens is 92.0 g/mol. The Morgan fingerprint density at radius 2 is 2.25 bits per heavy atom. The van der Waals surface area contributed by atoms with Gasteiger partial charge in [0.05, 0.1) is 0 Å². The van der Waals surface area contributed by atoms with Gasteiger partial charge in [-0.3, -0.25) is 0 Å². The topological polar surface area (TPSA) is 29.4 Å². The molecule has 0 aromatic rings. The molecule has 0 aliphatic heterocycles. The first-order valence-electron chi connectivity index (χ1n) is 0.606. The summed E-state index contributed by atoms with van der Waals surface area (Å²) in [6, 6.07) is 0. The monoisotopic (exact) mass is 93.0 g/mol. The van der Waals surface area contributed by atoms with E-state index < -0.39 is 0 Å². The van der Waals surface area contributed by atoms with Crippen LogP contribution >= 0.6 is 17.6 Å². The summed E-state index contributed by atoms with van der Waals surface area (Å²) in [5, 5.41) is 0. The zero-order valence-corrected chi connectivity index (χ0v) is 3.70. The second-order valence-electron chi connectivity index (χ2n) is 0.182. The molecule has 4 heteroatoms. The van der Waals surface area contributed by atoms with E-state index in [0.29, 0.717) is 0 Å². The van der Waals surface area contributed by atoms with Crippen LogP contribution in [-0.2, 0) is 4.57 Å². The van der Waals surface area contributed by atoms with Gasteiger partial charge in [0, 0.05) is 9.03 Å². The van der Waals surface area contributed by atoms with E-state index in [4.69, 9.17) is 4.57 Å². The average Bonchev–Trinajstić information content (AvgIpc) is 1.37. The molecule has 0 aliphatic carbocycles. The Kier molecular flexibility index (Phi) is 3.36. The molecule has 0 saturated carbocycles. The van der Waals surface area contributed by atoms with Crippen molar-refractivity contribution in [2.45, 2.75) is 0 Å². The molecule has 0 fully saturated rings. The van der Waals surface area contributed by atoms with Gasteiger partial charge >= 0.3 is 8.61 Å². The molecule has 0 heterocycles. The van der Waals surface area contributed by atoms with Crippen molar-refractivity contribution < 1.29 is 4.57 Å². The first kappa shape index (κ1) is 4.20. The van der Waals surface area contributed by atoms with E-state index in [0.717, 1.165) is 0 Å². The summed E-state index contributed by atoms with van der Waals surface area (Å²) in [5.41, 5.74) is 0. The van der Waals surface area contributed by atoms with Gasteiger partial charge in [0.25, 0.3) is 0 Å². The highest BCUT2D eigenvalue weighted by Crippen LogP contribution is 1.91. The van der Waals surface area contributed by atoms with Gasteiger partial charge in [0.2, 0.25) is 0 Å². The van der Waals surface area contributed by atoms with Gasteiger partial charge in [-0.05, 0) is 0 Å². The fourth-order valence-electron chi connectivity index (χ4n) is 0. The summed E-state index contributed by atoms with van der Waals surface area (Å²) in [4.78, 5) is 0. The van der Waals surface area contributed by atoms with Crippen molar-refractivity contribution in [1.29, 1.82) is 0 Å². The van der Waals surface area contributed by atoms with E-state index in [1.165, 1.54) is 0 Å². The smallest absolute Gasteiger partial charge is 0.246 e. The third-order valence-electron chi connectivity index (χ3n) is 0.0408. The van der Waals surface area contributed by atoms with Gasteiger partial charge in [0.15, 0.2) is 0 Å². The molecule has 0 atom stereocenters. The number of nitrogens with zero attached hydrogens (tertiary/aromatic N) is 1. The Hall–Kier alpha value is 0.200. The summed E-state index contributed by atoms with van der Waals surface area (Å²) >= 11 is 0. The van der Waals surface area contributed by atoms with Crippen LogP contribution < -0.4 is 0 Å². The van der Waals surface area contributed by atoms with Gasteiger partial charge in [0.1, 0.15) is 0 Å². The van der Waals surface area contributed by atoms with Crippen LogP contribution in [0, 0.1) is 0 Å². The molecular formula is HNOP2. The fourth-order valence-corrected chi connectivity index (χ4v) is 0. The number of rotatable bonds is 1. The maximum atomic E-state index is 9.06. The molecule has 0 spiro atoms. The van der Waals surface area contributed by atoms with E-state index in [1.807, 2.05) is 0 Å². The van der Waals surface area contributed by atoms with Gasteiger partial charge in [-0.15, -0.1) is 0 Å². The van der Waals surface area contributed by atoms with Crippen LogP contribution in [0.4, 0.5) is 0 Å². The minimum absolute atomic E-state index is 0.213. The van der Waals surface area contributed by atoms with Crippen LogP contribution in [0.2, 0.25) is 0 Å². The van der Waals surface area contributed by atoms with Gasteiger partial charge in [-0.2, -0.15) is 4.52 Å². The zero-order chi connectivity index (χ0) is 3.41. The molecule has 0 aromatic heterocycles. The summed E-state index contributed by atoms with van der Waals surface area (Å²) in [5.74, 6) is 0. The molecule has 4 heavy (non-hydrogen) atoms. The molecule has 0 N–H and O–H groups in total. The van der Waals surface area contributed by atoms with E-state index in [9.17, 15) is 0 Å². The third kappa shape index (κ3) is 2.20. The van der Waals surface area contributed by atoms with Crippen LogP contribution in [-0.4, -0.2) is 0 Å². The lowest BCUT2D eigenvalue weighted by Crippen LogP contribution is -0.936.